The average Bonchev–Trinajstić information content (AvgIpc) is 2.69. The van der Waals surface area contributed by atoms with Crippen LogP contribution in [-0.4, -0.2) is 25.0 Å². The fourth-order valence-corrected chi connectivity index (χ4v) is 3.06. The summed E-state index contributed by atoms with van der Waals surface area (Å²) in [5, 5.41) is 6.60. The molecular weight excluding hydrogens is 212 g/mol. The minimum Gasteiger partial charge on any atom is -0.356 e. The minimum atomic E-state index is 0.300. The molecule has 0 aromatic heterocycles. The van der Waals surface area contributed by atoms with E-state index in [2.05, 4.69) is 10.6 Å². The van der Waals surface area contributed by atoms with Crippen molar-refractivity contribution < 1.29 is 4.79 Å². The largest absolute Gasteiger partial charge is 0.356 e. The van der Waals surface area contributed by atoms with Crippen LogP contribution in [0.1, 0.15) is 57.8 Å². The average molecular weight is 238 g/mol. The van der Waals surface area contributed by atoms with Gasteiger partial charge >= 0.3 is 0 Å². The number of carbonyl (C=O) groups excluding carboxylic acids is 1. The Morgan fingerprint density at radius 1 is 1.06 bits per heavy atom. The van der Waals surface area contributed by atoms with Gasteiger partial charge < -0.3 is 10.6 Å². The van der Waals surface area contributed by atoms with Crippen molar-refractivity contribution in [3.63, 3.8) is 0 Å². The highest BCUT2D eigenvalue weighted by Gasteiger charge is 2.20. The highest BCUT2D eigenvalue weighted by molar-refractivity contribution is 5.78. The Kier molecular flexibility index (Phi) is 5.30. The summed E-state index contributed by atoms with van der Waals surface area (Å²) in [4.78, 5) is 12.0. The Labute approximate surface area is 105 Å². The van der Waals surface area contributed by atoms with E-state index in [0.29, 0.717) is 17.9 Å². The molecule has 2 N–H and O–H groups in total. The quantitative estimate of drug-likeness (QED) is 0.737. The molecule has 1 heterocycles. The van der Waals surface area contributed by atoms with Gasteiger partial charge in [0.05, 0.1) is 0 Å². The van der Waals surface area contributed by atoms with E-state index in [1.165, 1.54) is 38.5 Å². The van der Waals surface area contributed by atoms with Gasteiger partial charge in [0.25, 0.3) is 0 Å². The lowest BCUT2D eigenvalue weighted by Crippen LogP contribution is -2.34. The van der Waals surface area contributed by atoms with Gasteiger partial charge in [0.1, 0.15) is 0 Å². The molecule has 0 radical (unpaired) electrons. The smallest absolute Gasteiger partial charge is 0.223 e. The third kappa shape index (κ3) is 4.30. The number of hydrogen-bond donors (Lipinski definition) is 2. The van der Waals surface area contributed by atoms with Gasteiger partial charge in [0.2, 0.25) is 5.91 Å². The van der Waals surface area contributed by atoms with Crippen molar-refractivity contribution >= 4 is 5.91 Å². The van der Waals surface area contributed by atoms with Crippen LogP contribution in [-0.2, 0) is 4.79 Å². The van der Waals surface area contributed by atoms with Crippen LogP contribution in [0.4, 0.5) is 0 Å². The van der Waals surface area contributed by atoms with E-state index in [4.69, 9.17) is 0 Å². The number of carbonyl (C=O) groups is 1. The first-order chi connectivity index (χ1) is 8.36. The maximum absolute atomic E-state index is 12.0. The van der Waals surface area contributed by atoms with E-state index in [1.54, 1.807) is 0 Å². The number of nitrogens with one attached hydrogen (secondary N) is 2. The molecule has 0 bridgehead atoms. The summed E-state index contributed by atoms with van der Waals surface area (Å²) in [6, 6.07) is 0.643. The molecule has 0 unspecified atom stereocenters. The first-order valence-electron chi connectivity index (χ1n) is 7.37. The second-order valence-electron chi connectivity index (χ2n) is 5.56. The lowest BCUT2D eigenvalue weighted by Gasteiger charge is -2.15. The molecule has 3 nitrogen and oxygen atoms in total. The zero-order valence-electron chi connectivity index (χ0n) is 10.8. The van der Waals surface area contributed by atoms with Gasteiger partial charge in [0.15, 0.2) is 0 Å². The molecule has 2 fully saturated rings. The van der Waals surface area contributed by atoms with Crippen molar-refractivity contribution in [1.29, 1.82) is 0 Å². The first-order valence-corrected chi connectivity index (χ1v) is 7.37. The Bertz CT molecular complexity index is 228. The van der Waals surface area contributed by atoms with Gasteiger partial charge in [-0.1, -0.05) is 25.7 Å². The lowest BCUT2D eigenvalue weighted by atomic mass is 9.99. The predicted molar refractivity (Wildman–Crippen MR) is 69.8 cm³/mol. The molecule has 0 aromatic rings. The maximum atomic E-state index is 12.0. The van der Waals surface area contributed by atoms with Crippen molar-refractivity contribution in [2.75, 3.05) is 13.1 Å². The molecule has 0 aromatic carbocycles. The number of hydrogen-bond acceptors (Lipinski definition) is 2. The molecule has 98 valence electrons. The van der Waals surface area contributed by atoms with Gasteiger partial charge in [0, 0.05) is 18.5 Å². The second-order valence-corrected chi connectivity index (χ2v) is 5.56. The molecule has 1 saturated carbocycles. The van der Waals surface area contributed by atoms with Gasteiger partial charge in [-0.2, -0.15) is 0 Å². The van der Waals surface area contributed by atoms with Crippen LogP contribution < -0.4 is 10.6 Å². The normalized spacial score (nSPS) is 26.7. The van der Waals surface area contributed by atoms with E-state index in [-0.39, 0.29) is 0 Å². The summed E-state index contributed by atoms with van der Waals surface area (Å²) < 4.78 is 0. The topological polar surface area (TPSA) is 41.1 Å². The Hall–Kier alpha value is -0.570. The lowest BCUT2D eigenvalue weighted by molar-refractivity contribution is -0.125. The Morgan fingerprint density at radius 3 is 2.47 bits per heavy atom. The third-order valence-electron chi connectivity index (χ3n) is 4.18. The molecule has 1 amide bonds. The molecule has 1 saturated heterocycles. The van der Waals surface area contributed by atoms with Crippen LogP contribution in [0.25, 0.3) is 0 Å². The Balaban J connectivity index is 1.61. The monoisotopic (exact) mass is 238 g/mol. The van der Waals surface area contributed by atoms with E-state index >= 15 is 0 Å². The van der Waals surface area contributed by atoms with Gasteiger partial charge in [-0.05, 0) is 38.6 Å². The van der Waals surface area contributed by atoms with E-state index in [9.17, 15) is 4.79 Å². The minimum absolute atomic E-state index is 0.300. The van der Waals surface area contributed by atoms with Crippen LogP contribution in [0.15, 0.2) is 0 Å². The number of rotatable bonds is 4. The zero-order chi connectivity index (χ0) is 11.9. The Morgan fingerprint density at radius 2 is 1.82 bits per heavy atom. The molecule has 1 aliphatic heterocycles. The van der Waals surface area contributed by atoms with E-state index in [1.807, 2.05) is 0 Å². The van der Waals surface area contributed by atoms with Crippen LogP contribution in [0.5, 0.6) is 0 Å². The van der Waals surface area contributed by atoms with E-state index < -0.39 is 0 Å². The van der Waals surface area contributed by atoms with Crippen molar-refractivity contribution in [3.05, 3.63) is 0 Å². The fourth-order valence-electron chi connectivity index (χ4n) is 3.06. The SMILES string of the molecule is O=C(NCC[C@@H]1CCCN1)C1CCCCCC1. The summed E-state index contributed by atoms with van der Waals surface area (Å²) in [6.45, 7) is 2.01. The number of amides is 1. The standard InChI is InChI=1S/C14H26N2O/c17-14(12-6-3-1-2-4-7-12)16-11-9-13-8-5-10-15-13/h12-13,15H,1-11H2,(H,16,17)/t13-/m0/s1. The van der Waals surface area contributed by atoms with Crippen molar-refractivity contribution in [2.45, 2.75) is 63.8 Å². The molecule has 2 rings (SSSR count). The first kappa shape index (κ1) is 12.9. The molecule has 0 spiro atoms. The third-order valence-corrected chi connectivity index (χ3v) is 4.18. The molecule has 2 aliphatic rings. The summed E-state index contributed by atoms with van der Waals surface area (Å²) >= 11 is 0. The summed E-state index contributed by atoms with van der Waals surface area (Å²) in [5.41, 5.74) is 0. The van der Waals surface area contributed by atoms with Crippen molar-refractivity contribution in [1.82, 2.24) is 10.6 Å². The highest BCUT2D eigenvalue weighted by atomic mass is 16.1. The van der Waals surface area contributed by atoms with Crippen molar-refractivity contribution in [3.8, 4) is 0 Å². The van der Waals surface area contributed by atoms with Crippen LogP contribution in [0.3, 0.4) is 0 Å². The van der Waals surface area contributed by atoms with Gasteiger partial charge in [-0.3, -0.25) is 4.79 Å². The van der Waals surface area contributed by atoms with Gasteiger partial charge in [-0.15, -0.1) is 0 Å². The van der Waals surface area contributed by atoms with Crippen LogP contribution in [0.2, 0.25) is 0 Å². The molecular formula is C14H26N2O. The molecule has 17 heavy (non-hydrogen) atoms. The summed E-state index contributed by atoms with van der Waals surface area (Å²) in [6.07, 6.45) is 11.0. The second kappa shape index (κ2) is 7.00. The maximum Gasteiger partial charge on any atom is 0.223 e. The van der Waals surface area contributed by atoms with Crippen LogP contribution in [0, 0.1) is 5.92 Å². The molecule has 1 atom stereocenters. The molecule has 1 aliphatic carbocycles. The fraction of sp³-hybridized carbons (Fsp3) is 0.929. The predicted octanol–water partition coefficient (Wildman–Crippen LogP) is 2.22. The summed E-state index contributed by atoms with van der Waals surface area (Å²) in [5.74, 6) is 0.610. The zero-order valence-corrected chi connectivity index (χ0v) is 10.8. The van der Waals surface area contributed by atoms with Gasteiger partial charge in [-0.25, -0.2) is 0 Å². The van der Waals surface area contributed by atoms with E-state index in [0.717, 1.165) is 32.4 Å². The van der Waals surface area contributed by atoms with Crippen molar-refractivity contribution in [2.24, 2.45) is 5.92 Å². The van der Waals surface area contributed by atoms with Crippen LogP contribution >= 0.6 is 0 Å². The molecule has 3 heteroatoms. The summed E-state index contributed by atoms with van der Waals surface area (Å²) in [7, 11) is 0. The highest BCUT2D eigenvalue weighted by Crippen LogP contribution is 2.22.